The lowest BCUT2D eigenvalue weighted by Gasteiger charge is -2.31. The molecule has 2 aliphatic rings. The van der Waals surface area contributed by atoms with Crippen LogP contribution in [0, 0.1) is 11.3 Å². The average molecular weight is 295 g/mol. The fourth-order valence-electron chi connectivity index (χ4n) is 4.26. The molecule has 1 atom stereocenters. The number of amides is 1. The van der Waals surface area contributed by atoms with E-state index in [1.54, 1.807) is 0 Å². The van der Waals surface area contributed by atoms with E-state index < -0.39 is 5.97 Å². The summed E-state index contributed by atoms with van der Waals surface area (Å²) in [7, 11) is 0. The van der Waals surface area contributed by atoms with Crippen molar-refractivity contribution < 1.29 is 14.7 Å². The quantitative estimate of drug-likeness (QED) is 0.788. The van der Waals surface area contributed by atoms with Crippen molar-refractivity contribution in [3.63, 3.8) is 0 Å². The highest BCUT2D eigenvalue weighted by atomic mass is 16.4. The number of carboxylic acids is 1. The van der Waals surface area contributed by atoms with Crippen LogP contribution in [-0.2, 0) is 9.59 Å². The van der Waals surface area contributed by atoms with E-state index in [1.165, 1.54) is 32.1 Å². The third-order valence-corrected chi connectivity index (χ3v) is 5.47. The van der Waals surface area contributed by atoms with Crippen LogP contribution in [0.25, 0.3) is 0 Å². The molecule has 120 valence electrons. The molecule has 1 unspecified atom stereocenters. The Balaban J connectivity index is 1.85. The van der Waals surface area contributed by atoms with Crippen molar-refractivity contribution in [2.24, 2.45) is 11.3 Å². The highest BCUT2D eigenvalue weighted by molar-refractivity contribution is 5.78. The van der Waals surface area contributed by atoms with Crippen molar-refractivity contribution in [2.45, 2.75) is 83.6 Å². The maximum absolute atomic E-state index is 12.3. The summed E-state index contributed by atoms with van der Waals surface area (Å²) in [6.07, 6.45) is 10.7. The molecule has 0 aromatic rings. The molecule has 0 spiro atoms. The van der Waals surface area contributed by atoms with Crippen molar-refractivity contribution in [3.8, 4) is 0 Å². The van der Waals surface area contributed by atoms with E-state index >= 15 is 0 Å². The first-order chi connectivity index (χ1) is 10.0. The van der Waals surface area contributed by atoms with Gasteiger partial charge < -0.3 is 10.4 Å². The summed E-state index contributed by atoms with van der Waals surface area (Å²) in [5.74, 6) is -0.122. The molecule has 0 heterocycles. The van der Waals surface area contributed by atoms with Gasteiger partial charge in [0.2, 0.25) is 5.91 Å². The Morgan fingerprint density at radius 1 is 1.10 bits per heavy atom. The molecule has 0 aromatic heterocycles. The lowest BCUT2D eigenvalue weighted by molar-refractivity contribution is -0.140. The van der Waals surface area contributed by atoms with Gasteiger partial charge in [0, 0.05) is 12.5 Å². The number of carbonyl (C=O) groups excluding carboxylic acids is 1. The van der Waals surface area contributed by atoms with Gasteiger partial charge >= 0.3 is 5.97 Å². The average Bonchev–Trinajstić information content (AvgIpc) is 2.86. The highest BCUT2D eigenvalue weighted by Gasteiger charge is 2.38. The van der Waals surface area contributed by atoms with Crippen LogP contribution >= 0.6 is 0 Å². The minimum atomic E-state index is -0.773. The molecule has 0 aromatic carbocycles. The number of carboxylic acid groups (broad SMARTS) is 1. The van der Waals surface area contributed by atoms with Gasteiger partial charge in [0.15, 0.2) is 0 Å². The van der Waals surface area contributed by atoms with Crippen LogP contribution in [0.15, 0.2) is 0 Å². The van der Waals surface area contributed by atoms with Crippen LogP contribution in [0.1, 0.15) is 77.6 Å². The third-order valence-electron chi connectivity index (χ3n) is 5.47. The SMILES string of the molecule is CC(NC(=O)CC1(CC(=O)O)CCCC1)C1CCCCC1. The fraction of sp³-hybridized carbons (Fsp3) is 0.882. The summed E-state index contributed by atoms with van der Waals surface area (Å²) >= 11 is 0. The van der Waals surface area contributed by atoms with E-state index in [4.69, 9.17) is 5.11 Å². The van der Waals surface area contributed by atoms with Crippen molar-refractivity contribution in [2.75, 3.05) is 0 Å². The summed E-state index contributed by atoms with van der Waals surface area (Å²) in [5.41, 5.74) is -0.289. The van der Waals surface area contributed by atoms with Crippen molar-refractivity contribution >= 4 is 11.9 Å². The lowest BCUT2D eigenvalue weighted by atomic mass is 9.79. The second-order valence-corrected chi connectivity index (χ2v) is 7.21. The normalized spacial score (nSPS) is 23.7. The van der Waals surface area contributed by atoms with Crippen LogP contribution in [0.2, 0.25) is 0 Å². The summed E-state index contributed by atoms with van der Waals surface area (Å²) < 4.78 is 0. The standard InChI is InChI=1S/C17H29NO3/c1-13(14-7-3-2-4-8-14)18-15(19)11-17(12-16(20)21)9-5-6-10-17/h13-14H,2-12H2,1H3,(H,18,19)(H,20,21). The Morgan fingerprint density at radius 2 is 1.71 bits per heavy atom. The van der Waals surface area contributed by atoms with E-state index in [0.29, 0.717) is 12.3 Å². The zero-order chi connectivity index (χ0) is 15.3. The van der Waals surface area contributed by atoms with E-state index in [1.807, 2.05) is 0 Å². The van der Waals surface area contributed by atoms with Crippen LogP contribution in [0.4, 0.5) is 0 Å². The molecule has 4 heteroatoms. The zero-order valence-corrected chi connectivity index (χ0v) is 13.2. The maximum atomic E-state index is 12.3. The zero-order valence-electron chi connectivity index (χ0n) is 13.2. The van der Waals surface area contributed by atoms with Gasteiger partial charge in [-0.1, -0.05) is 32.1 Å². The Hall–Kier alpha value is -1.06. The first-order valence-electron chi connectivity index (χ1n) is 8.52. The van der Waals surface area contributed by atoms with Crippen molar-refractivity contribution in [1.29, 1.82) is 0 Å². The second-order valence-electron chi connectivity index (χ2n) is 7.21. The number of carbonyl (C=O) groups is 2. The van der Waals surface area contributed by atoms with Gasteiger partial charge in [-0.2, -0.15) is 0 Å². The first-order valence-corrected chi connectivity index (χ1v) is 8.52. The van der Waals surface area contributed by atoms with Gasteiger partial charge in [-0.25, -0.2) is 0 Å². The third kappa shape index (κ3) is 4.72. The van der Waals surface area contributed by atoms with E-state index in [9.17, 15) is 9.59 Å². The number of rotatable bonds is 6. The largest absolute Gasteiger partial charge is 0.481 e. The van der Waals surface area contributed by atoms with Crippen LogP contribution in [0.3, 0.4) is 0 Å². The van der Waals surface area contributed by atoms with Crippen molar-refractivity contribution in [1.82, 2.24) is 5.32 Å². The molecule has 2 rings (SSSR count). The maximum Gasteiger partial charge on any atom is 0.303 e. The Morgan fingerprint density at radius 3 is 2.29 bits per heavy atom. The molecular weight excluding hydrogens is 266 g/mol. The minimum Gasteiger partial charge on any atom is -0.481 e. The van der Waals surface area contributed by atoms with Gasteiger partial charge in [0.25, 0.3) is 0 Å². The Kier molecular flexibility index (Phi) is 5.65. The van der Waals surface area contributed by atoms with Gasteiger partial charge in [-0.05, 0) is 43.9 Å². The number of aliphatic carboxylic acids is 1. The Labute approximate surface area is 127 Å². The minimum absolute atomic E-state index is 0.0521. The van der Waals surface area contributed by atoms with Crippen molar-refractivity contribution in [3.05, 3.63) is 0 Å². The van der Waals surface area contributed by atoms with Gasteiger partial charge in [0.1, 0.15) is 0 Å². The van der Waals surface area contributed by atoms with Gasteiger partial charge in [0.05, 0.1) is 6.42 Å². The predicted octanol–water partition coefficient (Wildman–Crippen LogP) is 3.50. The molecular formula is C17H29NO3. The predicted molar refractivity (Wildman–Crippen MR) is 82.0 cm³/mol. The van der Waals surface area contributed by atoms with Crippen LogP contribution in [0.5, 0.6) is 0 Å². The molecule has 2 saturated carbocycles. The van der Waals surface area contributed by atoms with Crippen LogP contribution < -0.4 is 5.32 Å². The summed E-state index contributed by atoms with van der Waals surface area (Å²) in [5, 5.41) is 12.2. The smallest absolute Gasteiger partial charge is 0.303 e. The molecule has 4 nitrogen and oxygen atoms in total. The lowest BCUT2D eigenvalue weighted by Crippen LogP contribution is -2.41. The molecule has 0 saturated heterocycles. The molecule has 1 amide bonds. The number of nitrogens with one attached hydrogen (secondary N) is 1. The first kappa shape index (κ1) is 16.3. The summed E-state index contributed by atoms with van der Waals surface area (Å²) in [6, 6.07) is 0.223. The van der Waals surface area contributed by atoms with Crippen LogP contribution in [-0.4, -0.2) is 23.0 Å². The molecule has 0 bridgehead atoms. The van der Waals surface area contributed by atoms with E-state index in [0.717, 1.165) is 25.7 Å². The van der Waals surface area contributed by atoms with Gasteiger partial charge in [-0.3, -0.25) is 9.59 Å². The topological polar surface area (TPSA) is 66.4 Å². The molecule has 2 fully saturated rings. The monoisotopic (exact) mass is 295 g/mol. The Bertz CT molecular complexity index is 368. The van der Waals surface area contributed by atoms with E-state index in [2.05, 4.69) is 12.2 Å². The second kappa shape index (κ2) is 7.28. The molecule has 0 radical (unpaired) electrons. The fourth-order valence-corrected chi connectivity index (χ4v) is 4.26. The molecule has 21 heavy (non-hydrogen) atoms. The summed E-state index contributed by atoms with van der Waals surface area (Å²) in [6.45, 7) is 2.10. The summed E-state index contributed by atoms with van der Waals surface area (Å²) in [4.78, 5) is 23.4. The number of hydrogen-bond donors (Lipinski definition) is 2. The van der Waals surface area contributed by atoms with E-state index in [-0.39, 0.29) is 23.8 Å². The highest BCUT2D eigenvalue weighted by Crippen LogP contribution is 2.44. The van der Waals surface area contributed by atoms with Gasteiger partial charge in [-0.15, -0.1) is 0 Å². The molecule has 0 aliphatic heterocycles. The number of hydrogen-bond acceptors (Lipinski definition) is 2. The molecule has 2 aliphatic carbocycles. The molecule has 2 N–H and O–H groups in total.